The lowest BCUT2D eigenvalue weighted by atomic mass is 10.2. The van der Waals surface area contributed by atoms with Crippen LogP contribution in [0.3, 0.4) is 0 Å². The first-order chi connectivity index (χ1) is 14.0. The van der Waals surface area contributed by atoms with Crippen LogP contribution >= 0.6 is 0 Å². The molecule has 0 aliphatic carbocycles. The SMILES string of the molecule is CCNC(=O)COc1ccc(CNC(=O)c2cc3c(F)cccc3[nH]2)cc1OC. The predicted octanol–water partition coefficient (Wildman–Crippen LogP) is 2.76. The number of nitrogens with one attached hydrogen (secondary N) is 3. The van der Waals surface area contributed by atoms with E-state index in [0.717, 1.165) is 5.56 Å². The van der Waals surface area contributed by atoms with Crippen LogP contribution in [0.15, 0.2) is 42.5 Å². The number of rotatable bonds is 8. The summed E-state index contributed by atoms with van der Waals surface area (Å²) in [5.74, 6) is -0.0730. The number of ether oxygens (including phenoxy) is 2. The lowest BCUT2D eigenvalue weighted by Crippen LogP contribution is -2.28. The molecule has 0 bridgehead atoms. The number of aromatic amines is 1. The quantitative estimate of drug-likeness (QED) is 0.543. The summed E-state index contributed by atoms with van der Waals surface area (Å²) in [6.45, 7) is 2.48. The number of fused-ring (bicyclic) bond motifs is 1. The molecule has 0 unspecified atom stereocenters. The second-order valence-electron chi connectivity index (χ2n) is 6.29. The molecule has 0 atom stereocenters. The Balaban J connectivity index is 1.64. The Bertz CT molecular complexity index is 1030. The number of carbonyl (C=O) groups excluding carboxylic acids is 2. The summed E-state index contributed by atoms with van der Waals surface area (Å²) in [5, 5.41) is 5.80. The number of hydrogen-bond donors (Lipinski definition) is 3. The number of halogens is 1. The van der Waals surface area contributed by atoms with Gasteiger partial charge in [-0.1, -0.05) is 12.1 Å². The van der Waals surface area contributed by atoms with Crippen molar-refractivity contribution in [2.24, 2.45) is 0 Å². The Kier molecular flexibility index (Phi) is 6.33. The fraction of sp³-hybridized carbons (Fsp3) is 0.238. The Morgan fingerprint density at radius 2 is 1.93 bits per heavy atom. The van der Waals surface area contributed by atoms with Gasteiger partial charge >= 0.3 is 0 Å². The Labute approximate surface area is 167 Å². The highest BCUT2D eigenvalue weighted by Crippen LogP contribution is 2.28. The van der Waals surface area contributed by atoms with E-state index in [1.807, 2.05) is 6.92 Å². The normalized spacial score (nSPS) is 10.6. The molecule has 152 valence electrons. The van der Waals surface area contributed by atoms with Crippen molar-refractivity contribution < 1.29 is 23.5 Å². The summed E-state index contributed by atoms with van der Waals surface area (Å²) in [6, 6.07) is 11.3. The summed E-state index contributed by atoms with van der Waals surface area (Å²) in [6.07, 6.45) is 0. The third-order valence-corrected chi connectivity index (χ3v) is 4.27. The number of aromatic nitrogens is 1. The zero-order chi connectivity index (χ0) is 20.8. The average Bonchev–Trinajstić information content (AvgIpc) is 3.17. The molecule has 3 N–H and O–H groups in total. The number of H-pyrrole nitrogens is 1. The third kappa shape index (κ3) is 4.84. The van der Waals surface area contributed by atoms with Crippen LogP contribution < -0.4 is 20.1 Å². The summed E-state index contributed by atoms with van der Waals surface area (Å²) in [5.41, 5.74) is 1.62. The molecule has 29 heavy (non-hydrogen) atoms. The van der Waals surface area contributed by atoms with E-state index in [-0.39, 0.29) is 36.5 Å². The van der Waals surface area contributed by atoms with Gasteiger partial charge in [-0.15, -0.1) is 0 Å². The standard InChI is InChI=1S/C21H22FN3O4/c1-3-23-20(26)12-29-18-8-7-13(9-19(18)28-2)11-24-21(27)17-10-14-15(22)5-4-6-16(14)25-17/h4-10,25H,3,11-12H2,1-2H3,(H,23,26)(H,24,27). The molecule has 2 aromatic carbocycles. The summed E-state index contributed by atoms with van der Waals surface area (Å²) >= 11 is 0. The van der Waals surface area contributed by atoms with Gasteiger partial charge in [-0.25, -0.2) is 4.39 Å². The molecule has 1 aromatic heterocycles. The van der Waals surface area contributed by atoms with Gasteiger partial charge in [0.15, 0.2) is 18.1 Å². The van der Waals surface area contributed by atoms with Crippen LogP contribution in [0.4, 0.5) is 4.39 Å². The van der Waals surface area contributed by atoms with Crippen molar-refractivity contribution >= 4 is 22.7 Å². The van der Waals surface area contributed by atoms with E-state index in [0.29, 0.717) is 28.9 Å². The van der Waals surface area contributed by atoms with Crippen LogP contribution in [0, 0.1) is 5.82 Å². The van der Waals surface area contributed by atoms with Crippen LogP contribution in [0.1, 0.15) is 23.0 Å². The predicted molar refractivity (Wildman–Crippen MR) is 107 cm³/mol. The Morgan fingerprint density at radius 3 is 2.66 bits per heavy atom. The maximum absolute atomic E-state index is 13.8. The highest BCUT2D eigenvalue weighted by molar-refractivity contribution is 5.98. The van der Waals surface area contributed by atoms with Gasteiger partial charge in [0.05, 0.1) is 7.11 Å². The topological polar surface area (TPSA) is 92.5 Å². The maximum atomic E-state index is 13.8. The molecule has 0 saturated heterocycles. The largest absolute Gasteiger partial charge is 0.493 e. The Hall–Kier alpha value is -3.55. The number of benzene rings is 2. The van der Waals surface area contributed by atoms with Gasteiger partial charge in [-0.3, -0.25) is 9.59 Å². The van der Waals surface area contributed by atoms with Crippen molar-refractivity contribution in [1.82, 2.24) is 15.6 Å². The lowest BCUT2D eigenvalue weighted by Gasteiger charge is -2.12. The van der Waals surface area contributed by atoms with E-state index in [1.54, 1.807) is 30.3 Å². The monoisotopic (exact) mass is 399 g/mol. The van der Waals surface area contributed by atoms with Crippen molar-refractivity contribution in [2.75, 3.05) is 20.3 Å². The number of likely N-dealkylation sites (N-methyl/N-ethyl adjacent to an activating group) is 1. The average molecular weight is 399 g/mol. The first-order valence-corrected chi connectivity index (χ1v) is 9.13. The van der Waals surface area contributed by atoms with E-state index < -0.39 is 0 Å². The van der Waals surface area contributed by atoms with Gasteiger partial charge in [0.2, 0.25) is 0 Å². The van der Waals surface area contributed by atoms with Gasteiger partial charge in [0.1, 0.15) is 11.5 Å². The summed E-state index contributed by atoms with van der Waals surface area (Å²) in [7, 11) is 1.50. The molecule has 7 nitrogen and oxygen atoms in total. The molecule has 3 rings (SSSR count). The van der Waals surface area contributed by atoms with Gasteiger partial charge in [0.25, 0.3) is 11.8 Å². The van der Waals surface area contributed by atoms with Gasteiger partial charge in [-0.05, 0) is 42.8 Å². The minimum Gasteiger partial charge on any atom is -0.493 e. The van der Waals surface area contributed by atoms with E-state index >= 15 is 0 Å². The van der Waals surface area contributed by atoms with Crippen LogP contribution in [-0.4, -0.2) is 37.1 Å². The molecule has 2 amide bonds. The smallest absolute Gasteiger partial charge is 0.267 e. The molecule has 3 aromatic rings. The first-order valence-electron chi connectivity index (χ1n) is 9.13. The van der Waals surface area contributed by atoms with Crippen LogP contribution in [-0.2, 0) is 11.3 Å². The zero-order valence-electron chi connectivity index (χ0n) is 16.2. The third-order valence-electron chi connectivity index (χ3n) is 4.27. The molecule has 0 aliphatic rings. The summed E-state index contributed by atoms with van der Waals surface area (Å²) in [4.78, 5) is 26.8. The highest BCUT2D eigenvalue weighted by Gasteiger charge is 2.13. The fourth-order valence-electron chi connectivity index (χ4n) is 2.85. The summed E-state index contributed by atoms with van der Waals surface area (Å²) < 4.78 is 24.6. The highest BCUT2D eigenvalue weighted by atomic mass is 19.1. The van der Waals surface area contributed by atoms with E-state index in [2.05, 4.69) is 15.6 Å². The number of hydrogen-bond acceptors (Lipinski definition) is 4. The fourth-order valence-corrected chi connectivity index (χ4v) is 2.85. The van der Waals surface area contributed by atoms with Crippen molar-refractivity contribution in [1.29, 1.82) is 0 Å². The molecule has 0 radical (unpaired) electrons. The number of methoxy groups -OCH3 is 1. The molecule has 1 heterocycles. The van der Waals surface area contributed by atoms with Crippen molar-refractivity contribution in [3.63, 3.8) is 0 Å². The molecule has 0 spiro atoms. The zero-order valence-corrected chi connectivity index (χ0v) is 16.2. The van der Waals surface area contributed by atoms with Gasteiger partial charge < -0.3 is 25.1 Å². The molecule has 0 fully saturated rings. The van der Waals surface area contributed by atoms with Crippen LogP contribution in [0.25, 0.3) is 10.9 Å². The number of carbonyl (C=O) groups is 2. The van der Waals surface area contributed by atoms with Crippen molar-refractivity contribution in [3.8, 4) is 11.5 Å². The Morgan fingerprint density at radius 1 is 1.10 bits per heavy atom. The second-order valence-corrected chi connectivity index (χ2v) is 6.29. The second kappa shape index (κ2) is 9.09. The van der Waals surface area contributed by atoms with Crippen LogP contribution in [0.2, 0.25) is 0 Å². The van der Waals surface area contributed by atoms with E-state index in [1.165, 1.54) is 19.2 Å². The van der Waals surface area contributed by atoms with Crippen molar-refractivity contribution in [3.05, 3.63) is 59.5 Å². The van der Waals surface area contributed by atoms with Gasteiger partial charge in [0, 0.05) is 24.0 Å². The molecule has 8 heteroatoms. The minimum absolute atomic E-state index is 0.114. The molecular formula is C21H22FN3O4. The van der Waals surface area contributed by atoms with E-state index in [9.17, 15) is 14.0 Å². The van der Waals surface area contributed by atoms with Crippen molar-refractivity contribution in [2.45, 2.75) is 13.5 Å². The number of amides is 2. The molecule has 0 aliphatic heterocycles. The van der Waals surface area contributed by atoms with Gasteiger partial charge in [-0.2, -0.15) is 0 Å². The minimum atomic E-state index is -0.384. The first kappa shape index (κ1) is 20.2. The van der Waals surface area contributed by atoms with Crippen LogP contribution in [0.5, 0.6) is 11.5 Å². The lowest BCUT2D eigenvalue weighted by molar-refractivity contribution is -0.123. The maximum Gasteiger partial charge on any atom is 0.267 e. The molecule has 0 saturated carbocycles. The molecular weight excluding hydrogens is 377 g/mol. The van der Waals surface area contributed by atoms with E-state index in [4.69, 9.17) is 9.47 Å².